The molecule has 115 heavy (non-hydrogen) atoms. The third-order valence-electron chi connectivity index (χ3n) is 19.8. The molecule has 0 bridgehead atoms. The predicted molar refractivity (Wildman–Crippen MR) is 437 cm³/mol. The molecule has 0 spiro atoms. The van der Waals surface area contributed by atoms with Gasteiger partial charge in [-0.15, -0.1) is 0 Å². The second kappa shape index (κ2) is 52.4. The fourth-order valence-electron chi connectivity index (χ4n) is 13.3. The van der Waals surface area contributed by atoms with Gasteiger partial charge in [-0.25, -0.2) is 4.79 Å². The van der Waals surface area contributed by atoms with E-state index in [9.17, 15) is 97.9 Å². The lowest BCUT2D eigenvalue weighted by Gasteiger charge is -2.32. The van der Waals surface area contributed by atoms with Crippen LogP contribution in [-0.4, -0.2) is 323 Å². The molecule has 0 unspecified atom stereocenters. The van der Waals surface area contributed by atoms with E-state index in [4.69, 9.17) is 5.73 Å². The number of aliphatic hydroxyl groups excluding tert-OH is 1. The number of guanidine groups is 1. The highest BCUT2D eigenvalue weighted by atomic mass is 127. The van der Waals surface area contributed by atoms with Crippen molar-refractivity contribution in [1.82, 2.24) is 71.9 Å². The summed E-state index contributed by atoms with van der Waals surface area (Å²) in [6.07, 6.45) is 5.44. The summed E-state index contributed by atoms with van der Waals surface area (Å²) in [6, 6.07) is 13.3. The molecule has 0 aliphatic carbocycles. The van der Waals surface area contributed by atoms with Crippen molar-refractivity contribution < 1.29 is 97.9 Å². The van der Waals surface area contributed by atoms with Crippen LogP contribution >= 0.6 is 22.6 Å². The number of carboxylic acids is 4. The lowest BCUT2D eigenvalue weighted by Crippen LogP contribution is -2.52. The average Bonchev–Trinajstić information content (AvgIpc) is 0.926. The fourth-order valence-corrected chi connectivity index (χ4v) is 13.7. The highest BCUT2D eigenvalue weighted by molar-refractivity contribution is 14.1. The molecule has 2 fully saturated rings. The van der Waals surface area contributed by atoms with Gasteiger partial charge in [-0.2, -0.15) is 0 Å². The van der Waals surface area contributed by atoms with E-state index in [-0.39, 0.29) is 180 Å². The van der Waals surface area contributed by atoms with Crippen LogP contribution in [0.15, 0.2) is 65.7 Å². The molecular weight excluding hydrogens is 1610 g/mol. The zero-order valence-electron chi connectivity index (χ0n) is 66.2. The van der Waals surface area contributed by atoms with Crippen molar-refractivity contribution in [3.8, 4) is 0 Å². The molecule has 2 saturated heterocycles. The van der Waals surface area contributed by atoms with Gasteiger partial charge in [0.1, 0.15) is 24.2 Å². The van der Waals surface area contributed by atoms with E-state index < -0.39 is 109 Å². The van der Waals surface area contributed by atoms with Gasteiger partial charge in [0.15, 0.2) is 5.96 Å². The number of likely N-dealkylation sites (tertiary alicyclic amines) is 1. The number of carbonyl (C=O) groups excluding carboxylic acids is 9. The number of carboxylic acid groups (broad SMARTS) is 4. The molecule has 2 aliphatic rings. The number of hydrogen-bond acceptors (Lipinski definition) is 21. The monoisotopic (exact) mass is 1720 g/mol. The summed E-state index contributed by atoms with van der Waals surface area (Å²) in [7, 11) is 1.60. The quantitative estimate of drug-likeness (QED) is 0.0114. The molecule has 36 nitrogen and oxygen atoms in total. The van der Waals surface area contributed by atoms with Crippen LogP contribution in [0.1, 0.15) is 155 Å². The number of hydrogen-bond donors (Lipinski definition) is 16. The van der Waals surface area contributed by atoms with Crippen molar-refractivity contribution in [1.29, 1.82) is 0 Å². The first-order valence-corrected chi connectivity index (χ1v) is 40.6. The number of amides is 9. The Morgan fingerprint density at radius 3 is 1.48 bits per heavy atom. The number of β-amino-alcohol motifs (C(OH)–C–C–N with tert-alkyl or cyclic N) is 1. The second-order valence-corrected chi connectivity index (χ2v) is 30.5. The molecule has 0 aromatic heterocycles. The number of aliphatic hydroxyl groups is 1. The van der Waals surface area contributed by atoms with Crippen molar-refractivity contribution in [2.75, 3.05) is 132 Å². The number of nitrogens with one attached hydrogen (secondary N) is 8. The molecule has 9 amide bonds. The third-order valence-corrected chi connectivity index (χ3v) is 20.5. The van der Waals surface area contributed by atoms with Crippen molar-refractivity contribution in [3.05, 3.63) is 80.9 Å². The molecule has 5 rings (SSSR count). The molecule has 0 radical (unpaired) electrons. The number of nitrogens with zero attached hydrogens (tertiary/aromatic N) is 7. The summed E-state index contributed by atoms with van der Waals surface area (Å²) in [4.78, 5) is 183. The van der Waals surface area contributed by atoms with Crippen molar-refractivity contribution in [2.45, 2.75) is 172 Å². The molecule has 636 valence electrons. The molecule has 0 saturated carbocycles. The van der Waals surface area contributed by atoms with Crippen LogP contribution in [-0.2, 0) is 59.2 Å². The Hall–Kier alpha value is -9.19. The first-order valence-electron chi connectivity index (χ1n) is 39.5. The van der Waals surface area contributed by atoms with E-state index in [0.29, 0.717) is 99.9 Å². The van der Waals surface area contributed by atoms with Gasteiger partial charge >= 0.3 is 31.0 Å². The van der Waals surface area contributed by atoms with Gasteiger partial charge in [0.25, 0.3) is 11.8 Å². The summed E-state index contributed by atoms with van der Waals surface area (Å²) < 4.78 is 1.11. The Morgan fingerprint density at radius 2 is 0.965 bits per heavy atom. The summed E-state index contributed by atoms with van der Waals surface area (Å²) in [6.45, 7) is 3.13. The van der Waals surface area contributed by atoms with Gasteiger partial charge in [-0.3, -0.25) is 82.1 Å². The van der Waals surface area contributed by atoms with Gasteiger partial charge in [-0.05, 0) is 173 Å². The Kier molecular flexibility index (Phi) is 43.9. The van der Waals surface area contributed by atoms with Crippen LogP contribution in [0.5, 0.6) is 0 Å². The highest BCUT2D eigenvalue weighted by Gasteiger charge is 2.43. The lowest BCUT2D eigenvalue weighted by molar-refractivity contribution is -0.142. The molecule has 2 aliphatic heterocycles. The van der Waals surface area contributed by atoms with Crippen molar-refractivity contribution >= 4 is 123 Å². The number of nitrogens with two attached hydrogens (primary N) is 1. The third kappa shape index (κ3) is 37.5. The van der Waals surface area contributed by atoms with Crippen LogP contribution in [0.2, 0.25) is 0 Å². The minimum Gasteiger partial charge on any atom is -0.480 e. The SMILES string of the molecule is C[C@@H](NC(=O)c1ccc(C(=O)NCCCCCNC(=O)[C@H](CCCN=C(N)N(C)C)NC(=O)CCCCCC(=O)N[C@@H](CCCCNC(=O)CN2CCN(CC(=O)O)CCN(CC(=O)O)CCN(CC(=O)O)CC2)C(=O)N[C@H](CCCCNC(=O)CCCc2ccc(I)cc2)C(=O)O)c2ccccc12)C(=O)N1C[C@@H](O)C[C@H]1B(O)O. The number of halogens is 1. The number of rotatable bonds is 49. The van der Waals surface area contributed by atoms with E-state index in [1.807, 2.05) is 24.3 Å². The first-order chi connectivity index (χ1) is 54.9. The van der Waals surface area contributed by atoms with Crippen LogP contribution in [0.4, 0.5) is 0 Å². The summed E-state index contributed by atoms with van der Waals surface area (Å²) in [5.41, 5.74) is 7.62. The summed E-state index contributed by atoms with van der Waals surface area (Å²) >= 11 is 2.23. The topological polar surface area (TPSA) is 518 Å². The number of benzene rings is 3. The van der Waals surface area contributed by atoms with E-state index in [2.05, 4.69) is 70.1 Å². The van der Waals surface area contributed by atoms with E-state index in [1.165, 1.54) is 19.1 Å². The Morgan fingerprint density at radius 1 is 0.513 bits per heavy atom. The maximum atomic E-state index is 14.0. The highest BCUT2D eigenvalue weighted by Crippen LogP contribution is 2.25. The molecular formula is C77H118BIN16O20. The molecule has 3 aromatic carbocycles. The average molecular weight is 1730 g/mol. The zero-order chi connectivity index (χ0) is 84.4. The maximum Gasteiger partial charge on any atom is 0.475 e. The minimum atomic E-state index is -1.88. The molecule has 6 atom stereocenters. The number of fused-ring (bicyclic) bond motifs is 1. The normalized spacial score (nSPS) is 16.4. The van der Waals surface area contributed by atoms with Gasteiger partial charge in [0.05, 0.1) is 38.2 Å². The summed E-state index contributed by atoms with van der Waals surface area (Å²) in [5, 5.41) is 92.0. The standard InChI is InChI=1S/C77H118BIN16O20/c1-52(75(111)95-47-55(96)46-63(95)78(114)115)86-72(108)59-32-31-58(56-19-8-9-20-57(56)59)71(107)83-35-12-5-13-36-84-73(109)60(23-17-37-85-77(80)90(2)3)87-65(98)24-6-4-7-25-66(99)88-61(74(110)89-62(76(112)113)22-11-15-33-81-64(97)26-16-18-53-27-29-54(79)30-28-53)21-10-14-34-82-67(100)48-91-38-40-92(49-68(101)102)42-44-94(51-70(105)106)45-43-93(41-39-91)50-69(103)104/h8-9,19-20,27-32,52,55,60-63,96,114-115H,4-7,10-18,21-26,33-51H2,1-3H3,(H2,80,85)(H,81,97)(H,82,100)(H,83,107)(H,84,109)(H,86,108)(H,87,98)(H,88,99)(H,89,110)(H,101,102)(H,103,104)(H,105,106)(H,112,113)/t52-,55+,60+,61+,62-,63+/m1/s1. The van der Waals surface area contributed by atoms with Gasteiger partial charge in [-0.1, -0.05) is 42.8 Å². The fraction of sp³-hybridized carbons (Fsp3) is 0.610. The first kappa shape index (κ1) is 96.4. The van der Waals surface area contributed by atoms with Crippen molar-refractivity contribution in [3.63, 3.8) is 0 Å². The van der Waals surface area contributed by atoms with E-state index in [1.54, 1.807) is 62.9 Å². The predicted octanol–water partition coefficient (Wildman–Crippen LogP) is -0.230. The van der Waals surface area contributed by atoms with Gasteiger partial charge in [0.2, 0.25) is 41.4 Å². The molecule has 38 heteroatoms. The lowest BCUT2D eigenvalue weighted by atomic mass is 9.77. The second-order valence-electron chi connectivity index (χ2n) is 29.3. The number of aryl methyl sites for hydroxylation is 1. The zero-order valence-corrected chi connectivity index (χ0v) is 68.4. The van der Waals surface area contributed by atoms with E-state index in [0.717, 1.165) is 20.5 Å². The number of aliphatic imine (C=N–C) groups is 1. The minimum absolute atomic E-state index is 0.00979. The van der Waals surface area contributed by atoms with Gasteiger partial charge < -0.3 is 93.6 Å². The number of unbranched alkanes of at least 4 members (excludes halogenated alkanes) is 6. The van der Waals surface area contributed by atoms with Crippen LogP contribution < -0.4 is 48.3 Å². The van der Waals surface area contributed by atoms with Crippen molar-refractivity contribution in [2.24, 2.45) is 10.7 Å². The largest absolute Gasteiger partial charge is 0.480 e. The van der Waals surface area contributed by atoms with E-state index >= 15 is 0 Å². The summed E-state index contributed by atoms with van der Waals surface area (Å²) in [5.74, 6) is -9.52. The Bertz CT molecular complexity index is 3680. The maximum absolute atomic E-state index is 14.0. The molecule has 2 heterocycles. The Labute approximate surface area is 684 Å². The smallest absolute Gasteiger partial charge is 0.475 e. The van der Waals surface area contributed by atoms with Crippen LogP contribution in [0.3, 0.4) is 0 Å². The van der Waals surface area contributed by atoms with Gasteiger partial charge in [0, 0.05) is 140 Å². The number of carbonyl (C=O) groups is 13. The Balaban J connectivity index is 1.11. The molecule has 17 N–H and O–H groups in total. The molecule has 3 aromatic rings. The number of aliphatic carboxylic acids is 4. The van der Waals surface area contributed by atoms with Crippen LogP contribution in [0, 0.1) is 3.57 Å². The van der Waals surface area contributed by atoms with Crippen LogP contribution in [0.25, 0.3) is 10.8 Å².